The third kappa shape index (κ3) is 4.96. The second-order valence-corrected chi connectivity index (χ2v) is 7.20. The van der Waals surface area contributed by atoms with E-state index < -0.39 is 0 Å². The van der Waals surface area contributed by atoms with Crippen molar-refractivity contribution in [2.24, 2.45) is 5.10 Å². The van der Waals surface area contributed by atoms with Crippen LogP contribution in [0.5, 0.6) is 0 Å². The maximum absolute atomic E-state index is 12.1. The van der Waals surface area contributed by atoms with E-state index in [0.29, 0.717) is 22.4 Å². The Balaban J connectivity index is 1.63. The van der Waals surface area contributed by atoms with Gasteiger partial charge in [0.15, 0.2) is 11.0 Å². The van der Waals surface area contributed by atoms with E-state index in [0.717, 1.165) is 17.0 Å². The van der Waals surface area contributed by atoms with E-state index in [-0.39, 0.29) is 11.7 Å². The van der Waals surface area contributed by atoms with Crippen LogP contribution in [-0.4, -0.2) is 37.1 Å². The molecule has 1 aromatic carbocycles. The first-order valence-corrected chi connectivity index (χ1v) is 10.00. The minimum atomic E-state index is -0.216. The fraction of sp³-hybridized carbons (Fsp3) is 0.211. The van der Waals surface area contributed by atoms with Crippen molar-refractivity contribution in [1.29, 1.82) is 0 Å². The Morgan fingerprint density at radius 2 is 2.04 bits per heavy atom. The minimum absolute atomic E-state index is 0.183. The number of amides is 1. The lowest BCUT2D eigenvalue weighted by Crippen LogP contribution is -2.21. The summed E-state index contributed by atoms with van der Waals surface area (Å²) in [4.78, 5) is 16.2. The molecule has 0 radical (unpaired) electrons. The quantitative estimate of drug-likeness (QED) is 0.362. The molecular formula is C19H19ClN6OS. The standard InChI is InChI=1S/C19H19ClN6OS/c1-3-26-18(14-6-8-16(20)9-7-14)24-25-19(26)28-12-17(27)23-22-13(2)15-5-4-10-21-11-15/h4-11H,3,12H2,1-2H3,(H,23,27). The highest BCUT2D eigenvalue weighted by atomic mass is 35.5. The molecule has 144 valence electrons. The second-order valence-electron chi connectivity index (χ2n) is 5.82. The number of nitrogens with zero attached hydrogens (tertiary/aromatic N) is 5. The number of pyridine rings is 1. The molecule has 28 heavy (non-hydrogen) atoms. The molecule has 0 bridgehead atoms. The average molecular weight is 415 g/mol. The summed E-state index contributed by atoms with van der Waals surface area (Å²) in [6.45, 7) is 4.51. The van der Waals surface area contributed by atoms with Crippen LogP contribution in [0.25, 0.3) is 11.4 Å². The maximum Gasteiger partial charge on any atom is 0.250 e. The van der Waals surface area contributed by atoms with Gasteiger partial charge in [-0.1, -0.05) is 29.4 Å². The molecule has 0 atom stereocenters. The lowest BCUT2D eigenvalue weighted by Gasteiger charge is -2.07. The SMILES string of the molecule is CCn1c(SCC(=O)NN=C(C)c2cccnc2)nnc1-c1ccc(Cl)cc1. The van der Waals surface area contributed by atoms with E-state index in [9.17, 15) is 4.79 Å². The topological polar surface area (TPSA) is 85.1 Å². The molecule has 7 nitrogen and oxygen atoms in total. The van der Waals surface area contributed by atoms with Gasteiger partial charge in [-0.05, 0) is 44.2 Å². The van der Waals surface area contributed by atoms with Crippen molar-refractivity contribution in [1.82, 2.24) is 25.2 Å². The molecule has 0 spiro atoms. The molecule has 3 rings (SSSR count). The van der Waals surface area contributed by atoms with Gasteiger partial charge in [-0.25, -0.2) is 5.43 Å². The van der Waals surface area contributed by atoms with E-state index >= 15 is 0 Å². The van der Waals surface area contributed by atoms with Crippen molar-refractivity contribution in [2.45, 2.75) is 25.5 Å². The molecule has 2 heterocycles. The molecule has 0 saturated carbocycles. The number of hydrazone groups is 1. The molecule has 0 aliphatic carbocycles. The van der Waals surface area contributed by atoms with Gasteiger partial charge in [0.05, 0.1) is 11.5 Å². The highest BCUT2D eigenvalue weighted by Gasteiger charge is 2.14. The van der Waals surface area contributed by atoms with Crippen LogP contribution in [0, 0.1) is 0 Å². The molecule has 9 heteroatoms. The van der Waals surface area contributed by atoms with Crippen molar-refractivity contribution in [3.8, 4) is 11.4 Å². The summed E-state index contributed by atoms with van der Waals surface area (Å²) in [5, 5.41) is 13.9. The number of carbonyl (C=O) groups excluding carboxylic acids is 1. The Bertz CT molecular complexity index is 972. The molecule has 0 fully saturated rings. The number of hydrogen-bond acceptors (Lipinski definition) is 6. The molecule has 1 N–H and O–H groups in total. The van der Waals surface area contributed by atoms with Crippen molar-refractivity contribution in [2.75, 3.05) is 5.75 Å². The summed E-state index contributed by atoms with van der Waals surface area (Å²) < 4.78 is 1.96. The predicted octanol–water partition coefficient (Wildman–Crippen LogP) is 3.65. The van der Waals surface area contributed by atoms with Gasteiger partial charge >= 0.3 is 0 Å². The number of nitrogens with one attached hydrogen (secondary N) is 1. The van der Waals surface area contributed by atoms with Gasteiger partial charge < -0.3 is 4.57 Å². The molecular weight excluding hydrogens is 396 g/mol. The molecule has 3 aromatic rings. The third-order valence-corrected chi connectivity index (χ3v) is 5.11. The summed E-state index contributed by atoms with van der Waals surface area (Å²) in [5.74, 6) is 0.710. The highest BCUT2D eigenvalue weighted by molar-refractivity contribution is 7.99. The summed E-state index contributed by atoms with van der Waals surface area (Å²) in [5.41, 5.74) is 5.03. The summed E-state index contributed by atoms with van der Waals surface area (Å²) in [6.07, 6.45) is 3.38. The van der Waals surface area contributed by atoms with Crippen LogP contribution in [0.1, 0.15) is 19.4 Å². The van der Waals surface area contributed by atoms with Gasteiger partial charge in [0.2, 0.25) is 0 Å². The van der Waals surface area contributed by atoms with Gasteiger partial charge in [-0.3, -0.25) is 9.78 Å². The largest absolute Gasteiger partial charge is 0.302 e. The number of thioether (sulfide) groups is 1. The lowest BCUT2D eigenvalue weighted by molar-refractivity contribution is -0.118. The minimum Gasteiger partial charge on any atom is -0.302 e. The van der Waals surface area contributed by atoms with Crippen LogP contribution in [0.2, 0.25) is 5.02 Å². The number of carbonyl (C=O) groups is 1. The van der Waals surface area contributed by atoms with Gasteiger partial charge in [0, 0.05) is 35.1 Å². The normalized spacial score (nSPS) is 11.5. The maximum atomic E-state index is 12.1. The third-order valence-electron chi connectivity index (χ3n) is 3.90. The number of aromatic nitrogens is 4. The van der Waals surface area contributed by atoms with E-state index in [1.54, 1.807) is 12.4 Å². The molecule has 0 aliphatic heterocycles. The van der Waals surface area contributed by atoms with Crippen molar-refractivity contribution < 1.29 is 4.79 Å². The van der Waals surface area contributed by atoms with E-state index in [2.05, 4.69) is 25.7 Å². The smallest absolute Gasteiger partial charge is 0.250 e. The number of halogens is 1. The fourth-order valence-electron chi connectivity index (χ4n) is 2.44. The number of rotatable bonds is 7. The molecule has 0 unspecified atom stereocenters. The zero-order valence-electron chi connectivity index (χ0n) is 15.5. The van der Waals surface area contributed by atoms with Crippen molar-refractivity contribution in [3.05, 3.63) is 59.4 Å². The van der Waals surface area contributed by atoms with Gasteiger partial charge in [0.1, 0.15) is 0 Å². The zero-order chi connectivity index (χ0) is 19.9. The van der Waals surface area contributed by atoms with Gasteiger partial charge in [-0.15, -0.1) is 10.2 Å². The van der Waals surface area contributed by atoms with Crippen molar-refractivity contribution >= 4 is 35.0 Å². The van der Waals surface area contributed by atoms with Crippen LogP contribution in [0.3, 0.4) is 0 Å². The van der Waals surface area contributed by atoms with E-state index in [1.165, 1.54) is 11.8 Å². The number of hydrogen-bond donors (Lipinski definition) is 1. The summed E-state index contributed by atoms with van der Waals surface area (Å²) in [6, 6.07) is 11.1. The van der Waals surface area contributed by atoms with Gasteiger partial charge in [0.25, 0.3) is 5.91 Å². The Hall–Kier alpha value is -2.71. The van der Waals surface area contributed by atoms with Crippen molar-refractivity contribution in [3.63, 3.8) is 0 Å². The Kier molecular flexibility index (Phi) is 6.78. The number of benzene rings is 1. The first kappa shape index (κ1) is 20.0. The Morgan fingerprint density at radius 1 is 1.25 bits per heavy atom. The first-order chi connectivity index (χ1) is 13.6. The molecule has 0 aliphatic rings. The van der Waals surface area contributed by atoms with Crippen LogP contribution < -0.4 is 5.43 Å². The van der Waals surface area contributed by atoms with Crippen LogP contribution in [0.4, 0.5) is 0 Å². The van der Waals surface area contributed by atoms with E-state index in [4.69, 9.17) is 11.6 Å². The second kappa shape index (κ2) is 9.48. The summed E-state index contributed by atoms with van der Waals surface area (Å²) in [7, 11) is 0. The monoisotopic (exact) mass is 414 g/mol. The average Bonchev–Trinajstić information content (AvgIpc) is 3.14. The van der Waals surface area contributed by atoms with Crippen LogP contribution >= 0.6 is 23.4 Å². The summed E-state index contributed by atoms with van der Waals surface area (Å²) >= 11 is 7.26. The predicted molar refractivity (Wildman–Crippen MR) is 111 cm³/mol. The lowest BCUT2D eigenvalue weighted by atomic mass is 10.2. The highest BCUT2D eigenvalue weighted by Crippen LogP contribution is 2.24. The molecule has 0 saturated heterocycles. The molecule has 2 aromatic heterocycles. The Labute approximate surface area is 172 Å². The van der Waals surface area contributed by atoms with Crippen LogP contribution in [0.15, 0.2) is 59.0 Å². The fourth-order valence-corrected chi connectivity index (χ4v) is 3.36. The van der Waals surface area contributed by atoms with Gasteiger partial charge in [-0.2, -0.15) is 5.10 Å². The zero-order valence-corrected chi connectivity index (χ0v) is 17.0. The first-order valence-electron chi connectivity index (χ1n) is 8.64. The van der Waals surface area contributed by atoms with Crippen LogP contribution in [-0.2, 0) is 11.3 Å². The van der Waals surface area contributed by atoms with E-state index in [1.807, 2.05) is 54.8 Å². The Morgan fingerprint density at radius 3 is 2.71 bits per heavy atom. The molecule has 1 amide bonds.